The first-order valence-electron chi connectivity index (χ1n) is 4.82. The third kappa shape index (κ3) is 4.07. The molecule has 0 aliphatic carbocycles. The molecule has 0 aliphatic heterocycles. The molecule has 0 unspecified atom stereocenters. The van der Waals surface area contributed by atoms with E-state index in [4.69, 9.17) is 0 Å². The molecule has 0 saturated heterocycles. The molecule has 2 heteroatoms. The molecule has 0 spiro atoms. The maximum Gasteiger partial charge on any atom is 0.0249 e. The summed E-state index contributed by atoms with van der Waals surface area (Å²) in [6, 6.07) is 0.678. The summed E-state index contributed by atoms with van der Waals surface area (Å²) in [5.74, 6) is 0. The Hall–Kier alpha value is -0.0800. The predicted octanol–water partition coefficient (Wildman–Crippen LogP) is 1.71. The summed E-state index contributed by atoms with van der Waals surface area (Å²) >= 11 is 0. The second kappa shape index (κ2) is 4.83. The van der Waals surface area contributed by atoms with E-state index in [0.717, 1.165) is 6.54 Å². The first-order chi connectivity index (χ1) is 5.43. The van der Waals surface area contributed by atoms with Crippen LogP contribution in [0.15, 0.2) is 0 Å². The van der Waals surface area contributed by atoms with Gasteiger partial charge in [0.1, 0.15) is 0 Å². The normalized spacial score (nSPS) is 15.2. The summed E-state index contributed by atoms with van der Waals surface area (Å²) in [4.78, 5) is 2.40. The van der Waals surface area contributed by atoms with Crippen LogP contribution in [0.1, 0.15) is 34.1 Å². The molecular formula is C10H24N2. The van der Waals surface area contributed by atoms with Crippen molar-refractivity contribution in [1.82, 2.24) is 10.2 Å². The van der Waals surface area contributed by atoms with Gasteiger partial charge < -0.3 is 10.2 Å². The van der Waals surface area contributed by atoms with E-state index < -0.39 is 0 Å². The predicted molar refractivity (Wildman–Crippen MR) is 55.5 cm³/mol. The van der Waals surface area contributed by atoms with Gasteiger partial charge in [-0.2, -0.15) is 0 Å². The lowest BCUT2D eigenvalue weighted by atomic mass is 10.0. The first kappa shape index (κ1) is 11.9. The summed E-state index contributed by atoms with van der Waals surface area (Å²) in [6.07, 6.45) is 1.22. The van der Waals surface area contributed by atoms with Crippen LogP contribution in [0.3, 0.4) is 0 Å². The zero-order chi connectivity index (χ0) is 9.78. The molecule has 1 N–H and O–H groups in total. The average Bonchev–Trinajstić information content (AvgIpc) is 2.02. The summed E-state index contributed by atoms with van der Waals surface area (Å²) in [5, 5.41) is 3.31. The monoisotopic (exact) mass is 172 g/mol. The molecule has 1 atom stereocenters. The zero-order valence-electron chi connectivity index (χ0n) is 9.44. The van der Waals surface area contributed by atoms with Crippen LogP contribution < -0.4 is 5.32 Å². The largest absolute Gasteiger partial charge is 0.314 e. The number of nitrogens with one attached hydrogen (secondary N) is 1. The molecule has 0 aliphatic rings. The maximum atomic E-state index is 3.31. The highest BCUT2D eigenvalue weighted by Gasteiger charge is 2.19. The van der Waals surface area contributed by atoms with Crippen LogP contribution >= 0.6 is 0 Å². The minimum Gasteiger partial charge on any atom is -0.314 e. The van der Waals surface area contributed by atoms with Gasteiger partial charge in [-0.05, 0) is 41.3 Å². The van der Waals surface area contributed by atoms with Gasteiger partial charge in [-0.25, -0.2) is 0 Å². The minimum absolute atomic E-state index is 0.220. The Morgan fingerprint density at radius 1 is 1.42 bits per heavy atom. The number of hydrogen-bond donors (Lipinski definition) is 1. The average molecular weight is 172 g/mol. The lowest BCUT2D eigenvalue weighted by molar-refractivity contribution is 0.192. The fraction of sp³-hybridized carbons (Fsp3) is 1.00. The molecule has 0 rings (SSSR count). The van der Waals surface area contributed by atoms with Crippen LogP contribution in [-0.4, -0.2) is 37.1 Å². The molecular weight excluding hydrogens is 148 g/mol. The van der Waals surface area contributed by atoms with Crippen molar-refractivity contribution in [2.24, 2.45) is 0 Å². The van der Waals surface area contributed by atoms with E-state index in [1.54, 1.807) is 0 Å². The van der Waals surface area contributed by atoms with Crippen LogP contribution in [0.5, 0.6) is 0 Å². The van der Waals surface area contributed by atoms with E-state index in [9.17, 15) is 0 Å². The van der Waals surface area contributed by atoms with Crippen molar-refractivity contribution in [2.45, 2.75) is 45.7 Å². The Morgan fingerprint density at radius 3 is 2.25 bits per heavy atom. The molecule has 74 valence electrons. The van der Waals surface area contributed by atoms with Gasteiger partial charge in [-0.3, -0.25) is 0 Å². The van der Waals surface area contributed by atoms with E-state index in [1.165, 1.54) is 6.42 Å². The third-order valence-corrected chi connectivity index (χ3v) is 2.66. The van der Waals surface area contributed by atoms with Crippen LogP contribution in [0.25, 0.3) is 0 Å². The van der Waals surface area contributed by atoms with Crippen molar-refractivity contribution < 1.29 is 0 Å². The van der Waals surface area contributed by atoms with Gasteiger partial charge in [0.15, 0.2) is 0 Å². The second-order valence-corrected chi connectivity index (χ2v) is 4.31. The zero-order valence-corrected chi connectivity index (χ0v) is 9.44. The van der Waals surface area contributed by atoms with Gasteiger partial charge in [-0.1, -0.05) is 6.92 Å². The summed E-state index contributed by atoms with van der Waals surface area (Å²) in [5.41, 5.74) is 0.220. The van der Waals surface area contributed by atoms with Crippen molar-refractivity contribution in [1.29, 1.82) is 0 Å². The summed E-state index contributed by atoms with van der Waals surface area (Å²) < 4.78 is 0. The van der Waals surface area contributed by atoms with Crippen molar-refractivity contribution in [3.63, 3.8) is 0 Å². The van der Waals surface area contributed by atoms with Crippen LogP contribution in [0, 0.1) is 0 Å². The van der Waals surface area contributed by atoms with Crippen molar-refractivity contribution in [3.8, 4) is 0 Å². The van der Waals surface area contributed by atoms with Crippen LogP contribution in [0.4, 0.5) is 0 Å². The van der Waals surface area contributed by atoms with E-state index in [1.807, 2.05) is 7.05 Å². The Kier molecular flexibility index (Phi) is 4.80. The molecule has 0 aromatic rings. The number of nitrogens with zero attached hydrogens (tertiary/aromatic N) is 1. The quantitative estimate of drug-likeness (QED) is 0.679. The van der Waals surface area contributed by atoms with Gasteiger partial charge in [0.25, 0.3) is 0 Å². The Morgan fingerprint density at radius 2 is 1.92 bits per heavy atom. The molecule has 0 bridgehead atoms. The van der Waals surface area contributed by atoms with E-state index in [0.29, 0.717) is 6.04 Å². The highest BCUT2D eigenvalue weighted by Crippen LogP contribution is 2.07. The molecule has 0 radical (unpaired) electrons. The lowest BCUT2D eigenvalue weighted by Gasteiger charge is -2.33. The van der Waals surface area contributed by atoms with Crippen molar-refractivity contribution in [2.75, 3.05) is 20.6 Å². The SMILES string of the molecule is CC[C@@H](C)N(C)CC(C)(C)NC. The van der Waals surface area contributed by atoms with Crippen molar-refractivity contribution >= 4 is 0 Å². The number of rotatable bonds is 5. The smallest absolute Gasteiger partial charge is 0.0249 e. The fourth-order valence-corrected chi connectivity index (χ4v) is 1.17. The van der Waals surface area contributed by atoms with Crippen LogP contribution in [0.2, 0.25) is 0 Å². The Labute approximate surface area is 77.3 Å². The van der Waals surface area contributed by atoms with E-state index in [2.05, 4.69) is 45.0 Å². The fourth-order valence-electron chi connectivity index (χ4n) is 1.17. The molecule has 0 fully saturated rings. The molecule has 0 saturated carbocycles. The van der Waals surface area contributed by atoms with E-state index in [-0.39, 0.29) is 5.54 Å². The number of hydrogen-bond acceptors (Lipinski definition) is 2. The second-order valence-electron chi connectivity index (χ2n) is 4.31. The van der Waals surface area contributed by atoms with E-state index >= 15 is 0 Å². The van der Waals surface area contributed by atoms with Gasteiger partial charge in [0, 0.05) is 18.1 Å². The highest BCUT2D eigenvalue weighted by molar-refractivity contribution is 4.80. The molecule has 12 heavy (non-hydrogen) atoms. The molecule has 0 heterocycles. The highest BCUT2D eigenvalue weighted by atomic mass is 15.2. The molecule has 0 aromatic carbocycles. The Balaban J connectivity index is 3.90. The van der Waals surface area contributed by atoms with Gasteiger partial charge >= 0.3 is 0 Å². The Bertz CT molecular complexity index is 121. The standard InChI is InChI=1S/C10H24N2/c1-7-9(2)12(6)8-10(3,4)11-5/h9,11H,7-8H2,1-6H3/t9-/m1/s1. The van der Waals surface area contributed by atoms with Gasteiger partial charge in [-0.15, -0.1) is 0 Å². The number of likely N-dealkylation sites (N-methyl/N-ethyl adjacent to an activating group) is 2. The maximum absolute atomic E-state index is 3.31. The van der Waals surface area contributed by atoms with Gasteiger partial charge in [0.05, 0.1) is 0 Å². The molecule has 0 aromatic heterocycles. The third-order valence-electron chi connectivity index (χ3n) is 2.66. The lowest BCUT2D eigenvalue weighted by Crippen LogP contribution is -2.48. The summed E-state index contributed by atoms with van der Waals surface area (Å²) in [6.45, 7) is 10.1. The van der Waals surface area contributed by atoms with Gasteiger partial charge in [0.2, 0.25) is 0 Å². The minimum atomic E-state index is 0.220. The topological polar surface area (TPSA) is 15.3 Å². The molecule has 0 amide bonds. The van der Waals surface area contributed by atoms with Crippen LogP contribution in [-0.2, 0) is 0 Å². The van der Waals surface area contributed by atoms with Crippen molar-refractivity contribution in [3.05, 3.63) is 0 Å². The molecule has 2 nitrogen and oxygen atoms in total. The first-order valence-corrected chi connectivity index (χ1v) is 4.82. The summed E-state index contributed by atoms with van der Waals surface area (Å²) in [7, 11) is 4.21.